The molecule has 84 valence electrons. The minimum atomic E-state index is 0.838. The van der Waals surface area contributed by atoms with Gasteiger partial charge in [-0.1, -0.05) is 25.5 Å². The second-order valence-electron chi connectivity index (χ2n) is 3.53. The van der Waals surface area contributed by atoms with E-state index in [2.05, 4.69) is 32.2 Å². The number of likely N-dealkylation sites (N-methyl/N-ethyl adjacent to an activating group) is 1. The smallest absolute Gasteiger partial charge is 0.0590 e. The monoisotopic (exact) mass is 199 g/mol. The van der Waals surface area contributed by atoms with Crippen molar-refractivity contribution in [1.29, 1.82) is 0 Å². The molecule has 1 N–H and O–H groups in total. The Bertz CT molecular complexity index is 143. The highest BCUT2D eigenvalue weighted by Gasteiger charge is 1.91. The van der Waals surface area contributed by atoms with Crippen LogP contribution in [0.3, 0.4) is 0 Å². The highest BCUT2D eigenvalue weighted by atomic mass is 16.5. The molecule has 0 fully saturated rings. The van der Waals surface area contributed by atoms with E-state index in [1.807, 2.05) is 0 Å². The fourth-order valence-corrected chi connectivity index (χ4v) is 1.33. The fourth-order valence-electron chi connectivity index (χ4n) is 1.33. The highest BCUT2D eigenvalue weighted by Crippen LogP contribution is 2.04. The lowest BCUT2D eigenvalue weighted by atomic mass is 10.1. The fraction of sp³-hybridized carbons (Fsp3) is 0.833. The molecule has 14 heavy (non-hydrogen) atoms. The van der Waals surface area contributed by atoms with E-state index in [-0.39, 0.29) is 0 Å². The van der Waals surface area contributed by atoms with Crippen LogP contribution in [0.4, 0.5) is 0 Å². The van der Waals surface area contributed by atoms with Crippen molar-refractivity contribution in [2.75, 3.05) is 26.3 Å². The number of hydrogen-bond donors (Lipinski definition) is 1. The van der Waals surface area contributed by atoms with Crippen LogP contribution < -0.4 is 5.32 Å². The SMILES string of the molecule is CC/C=C(/C)CCCOCCNCC. The maximum absolute atomic E-state index is 5.47. The zero-order chi connectivity index (χ0) is 10.6. The standard InChI is InChI=1S/C12H25NO/c1-4-7-12(3)8-6-10-14-11-9-13-5-2/h7,13H,4-6,8-11H2,1-3H3/b12-7-. The molecule has 0 aromatic carbocycles. The number of hydrogen-bond acceptors (Lipinski definition) is 2. The molecule has 0 bridgehead atoms. The van der Waals surface area contributed by atoms with Crippen molar-refractivity contribution < 1.29 is 4.74 Å². The van der Waals surface area contributed by atoms with E-state index in [1.54, 1.807) is 0 Å². The Morgan fingerprint density at radius 1 is 1.29 bits per heavy atom. The summed E-state index contributed by atoms with van der Waals surface area (Å²) in [6.45, 7) is 10.2. The molecule has 0 aromatic heterocycles. The first-order chi connectivity index (χ1) is 6.81. The predicted molar refractivity (Wildman–Crippen MR) is 62.6 cm³/mol. The van der Waals surface area contributed by atoms with Crippen molar-refractivity contribution in [1.82, 2.24) is 5.32 Å². The lowest BCUT2D eigenvalue weighted by Crippen LogP contribution is -2.19. The van der Waals surface area contributed by atoms with Crippen molar-refractivity contribution in [3.05, 3.63) is 11.6 Å². The van der Waals surface area contributed by atoms with Crippen LogP contribution in [0.1, 0.15) is 40.0 Å². The highest BCUT2D eigenvalue weighted by molar-refractivity contribution is 4.96. The van der Waals surface area contributed by atoms with Crippen LogP contribution >= 0.6 is 0 Å². The van der Waals surface area contributed by atoms with Gasteiger partial charge in [-0.2, -0.15) is 0 Å². The number of ether oxygens (including phenoxy) is 1. The second-order valence-corrected chi connectivity index (χ2v) is 3.53. The summed E-state index contributed by atoms with van der Waals surface area (Å²) in [5.74, 6) is 0. The first kappa shape index (κ1) is 13.7. The van der Waals surface area contributed by atoms with Crippen LogP contribution in [0.15, 0.2) is 11.6 Å². The van der Waals surface area contributed by atoms with E-state index in [0.717, 1.165) is 39.1 Å². The van der Waals surface area contributed by atoms with Crippen molar-refractivity contribution in [2.24, 2.45) is 0 Å². The largest absolute Gasteiger partial charge is 0.380 e. The molecule has 0 heterocycles. The third kappa shape index (κ3) is 9.75. The van der Waals surface area contributed by atoms with Crippen LogP contribution in [0.5, 0.6) is 0 Å². The molecule has 0 unspecified atom stereocenters. The molecule has 2 heteroatoms. The Labute approximate surface area is 88.7 Å². The summed E-state index contributed by atoms with van der Waals surface area (Å²) in [6.07, 6.45) is 5.76. The molecule has 0 aliphatic carbocycles. The Morgan fingerprint density at radius 3 is 2.71 bits per heavy atom. The average Bonchev–Trinajstić information content (AvgIpc) is 2.17. The van der Waals surface area contributed by atoms with Gasteiger partial charge in [0.05, 0.1) is 6.61 Å². The molecular weight excluding hydrogens is 174 g/mol. The minimum Gasteiger partial charge on any atom is -0.380 e. The Morgan fingerprint density at radius 2 is 2.07 bits per heavy atom. The van der Waals surface area contributed by atoms with Crippen LogP contribution in [-0.4, -0.2) is 26.3 Å². The summed E-state index contributed by atoms with van der Waals surface area (Å²) in [5.41, 5.74) is 1.49. The molecular formula is C12H25NO. The van der Waals surface area contributed by atoms with Gasteiger partial charge in [-0.05, 0) is 32.7 Å². The molecule has 0 aromatic rings. The van der Waals surface area contributed by atoms with Crippen molar-refractivity contribution in [3.63, 3.8) is 0 Å². The van der Waals surface area contributed by atoms with Gasteiger partial charge in [0.25, 0.3) is 0 Å². The molecule has 0 spiro atoms. The van der Waals surface area contributed by atoms with Crippen LogP contribution in [0, 0.1) is 0 Å². The van der Waals surface area contributed by atoms with E-state index < -0.39 is 0 Å². The summed E-state index contributed by atoms with van der Waals surface area (Å²) in [5, 5.41) is 3.23. The molecule has 0 saturated carbocycles. The Balaban J connectivity index is 3.09. The van der Waals surface area contributed by atoms with Gasteiger partial charge in [-0.15, -0.1) is 0 Å². The average molecular weight is 199 g/mol. The van der Waals surface area contributed by atoms with Gasteiger partial charge in [0.1, 0.15) is 0 Å². The van der Waals surface area contributed by atoms with Gasteiger partial charge in [-0.3, -0.25) is 0 Å². The number of nitrogens with one attached hydrogen (secondary N) is 1. The molecule has 0 rings (SSSR count). The Kier molecular flexibility index (Phi) is 10.5. The molecule has 0 aliphatic heterocycles. The summed E-state index contributed by atoms with van der Waals surface area (Å²) in [7, 11) is 0. The minimum absolute atomic E-state index is 0.838. The molecule has 2 nitrogen and oxygen atoms in total. The third-order valence-electron chi connectivity index (χ3n) is 2.09. The van der Waals surface area contributed by atoms with Gasteiger partial charge in [0.2, 0.25) is 0 Å². The van der Waals surface area contributed by atoms with Crippen LogP contribution in [0.25, 0.3) is 0 Å². The lowest BCUT2D eigenvalue weighted by Gasteiger charge is -2.04. The van der Waals surface area contributed by atoms with E-state index in [9.17, 15) is 0 Å². The zero-order valence-electron chi connectivity index (χ0n) is 9.94. The summed E-state index contributed by atoms with van der Waals surface area (Å²) in [6, 6.07) is 0. The van der Waals surface area contributed by atoms with Gasteiger partial charge in [0, 0.05) is 13.2 Å². The quantitative estimate of drug-likeness (QED) is 0.455. The van der Waals surface area contributed by atoms with E-state index in [1.165, 1.54) is 12.0 Å². The maximum Gasteiger partial charge on any atom is 0.0590 e. The molecule has 0 amide bonds. The summed E-state index contributed by atoms with van der Waals surface area (Å²) >= 11 is 0. The predicted octanol–water partition coefficient (Wildman–Crippen LogP) is 2.75. The van der Waals surface area contributed by atoms with E-state index in [0.29, 0.717) is 0 Å². The molecule has 0 atom stereocenters. The summed E-state index contributed by atoms with van der Waals surface area (Å²) in [4.78, 5) is 0. The maximum atomic E-state index is 5.47. The Hall–Kier alpha value is -0.340. The molecule has 0 radical (unpaired) electrons. The first-order valence-corrected chi connectivity index (χ1v) is 5.75. The van der Waals surface area contributed by atoms with Crippen LogP contribution in [-0.2, 0) is 4.74 Å². The molecule has 0 saturated heterocycles. The normalized spacial score (nSPS) is 12.1. The van der Waals surface area contributed by atoms with Gasteiger partial charge >= 0.3 is 0 Å². The lowest BCUT2D eigenvalue weighted by molar-refractivity contribution is 0.134. The molecule has 0 aliphatic rings. The number of rotatable bonds is 9. The van der Waals surface area contributed by atoms with E-state index >= 15 is 0 Å². The summed E-state index contributed by atoms with van der Waals surface area (Å²) < 4.78 is 5.47. The number of allylic oxidation sites excluding steroid dienone is 2. The van der Waals surface area contributed by atoms with Crippen molar-refractivity contribution in [2.45, 2.75) is 40.0 Å². The first-order valence-electron chi connectivity index (χ1n) is 5.75. The van der Waals surface area contributed by atoms with Gasteiger partial charge < -0.3 is 10.1 Å². The third-order valence-corrected chi connectivity index (χ3v) is 2.09. The van der Waals surface area contributed by atoms with E-state index in [4.69, 9.17) is 4.74 Å². The van der Waals surface area contributed by atoms with Crippen molar-refractivity contribution in [3.8, 4) is 0 Å². The van der Waals surface area contributed by atoms with Crippen LogP contribution in [0.2, 0.25) is 0 Å². The van der Waals surface area contributed by atoms with Crippen molar-refractivity contribution >= 4 is 0 Å². The van der Waals surface area contributed by atoms with Gasteiger partial charge in [-0.25, -0.2) is 0 Å². The van der Waals surface area contributed by atoms with Gasteiger partial charge in [0.15, 0.2) is 0 Å². The topological polar surface area (TPSA) is 21.3 Å². The zero-order valence-corrected chi connectivity index (χ0v) is 9.94. The second kappa shape index (κ2) is 10.7.